The van der Waals surface area contributed by atoms with Crippen molar-refractivity contribution < 1.29 is 4.74 Å². The largest absolute Gasteiger partial charge is 0.493 e. The molecule has 0 amide bonds. The summed E-state index contributed by atoms with van der Waals surface area (Å²) in [4.78, 5) is 9.28. The van der Waals surface area contributed by atoms with E-state index in [1.807, 2.05) is 25.1 Å². The number of nitrogens with two attached hydrogens (primary N) is 1. The molecule has 2 heterocycles. The first kappa shape index (κ1) is 13.8. The van der Waals surface area contributed by atoms with Gasteiger partial charge in [-0.2, -0.15) is 0 Å². The highest BCUT2D eigenvalue weighted by Crippen LogP contribution is 2.31. The zero-order valence-corrected chi connectivity index (χ0v) is 12.4. The fourth-order valence-electron chi connectivity index (χ4n) is 2.74. The smallest absolute Gasteiger partial charge is 0.146 e. The minimum Gasteiger partial charge on any atom is -0.493 e. The molecule has 0 aliphatic carbocycles. The van der Waals surface area contributed by atoms with E-state index in [0.29, 0.717) is 12.4 Å². The summed E-state index contributed by atoms with van der Waals surface area (Å²) in [6.45, 7) is 4.68. The van der Waals surface area contributed by atoms with Crippen molar-refractivity contribution in [3.63, 3.8) is 0 Å². The van der Waals surface area contributed by atoms with Gasteiger partial charge >= 0.3 is 0 Å². The number of anilines is 1. The Morgan fingerprint density at radius 3 is 2.90 bits per heavy atom. The molecular weight excluding hydrogens is 264 g/mol. The lowest BCUT2D eigenvalue weighted by Gasteiger charge is -2.25. The molecule has 1 atom stereocenters. The summed E-state index contributed by atoms with van der Waals surface area (Å²) in [6.07, 6.45) is 1.76. The van der Waals surface area contributed by atoms with Gasteiger partial charge in [-0.15, -0.1) is 0 Å². The molecule has 5 heteroatoms. The van der Waals surface area contributed by atoms with Crippen LogP contribution in [0.5, 0.6) is 5.75 Å². The Balaban J connectivity index is 1.95. The molecule has 1 aliphatic rings. The van der Waals surface area contributed by atoms with Gasteiger partial charge in [-0.3, -0.25) is 0 Å². The molecule has 0 saturated heterocycles. The van der Waals surface area contributed by atoms with Crippen LogP contribution in [0.1, 0.15) is 35.5 Å². The number of para-hydroxylation sites is 1. The fourth-order valence-corrected chi connectivity index (χ4v) is 2.74. The van der Waals surface area contributed by atoms with Crippen LogP contribution in [0, 0.1) is 6.92 Å². The van der Waals surface area contributed by atoms with Gasteiger partial charge in [0.25, 0.3) is 0 Å². The van der Waals surface area contributed by atoms with Gasteiger partial charge < -0.3 is 10.2 Å². The normalized spacial score (nSPS) is 17.0. The molecule has 0 radical (unpaired) electrons. The second-order valence-corrected chi connectivity index (χ2v) is 5.32. The van der Waals surface area contributed by atoms with Gasteiger partial charge in [-0.05, 0) is 31.4 Å². The molecule has 1 aromatic heterocycles. The predicted molar refractivity (Wildman–Crippen MR) is 82.3 cm³/mol. The van der Waals surface area contributed by atoms with Crippen LogP contribution >= 0.6 is 0 Å². The van der Waals surface area contributed by atoms with Crippen LogP contribution in [0.4, 0.5) is 5.82 Å². The number of aromatic nitrogens is 2. The molecule has 0 fully saturated rings. The lowest BCUT2D eigenvalue weighted by molar-refractivity contribution is 0.257. The highest BCUT2D eigenvalue weighted by molar-refractivity contribution is 5.45. The molecule has 1 aliphatic heterocycles. The van der Waals surface area contributed by atoms with Gasteiger partial charge in [-0.25, -0.2) is 15.8 Å². The number of aryl methyl sites for hydroxylation is 1. The molecular formula is C16H20N4O. The standard InChI is InChI=1S/C16H20N4O/c1-3-13-10(2)15(20-17)19-16(18-13)12-8-11-6-4-5-7-14(11)21-9-12/h4-7,12H,3,8-9,17H2,1-2H3,(H,18,19,20). The Morgan fingerprint density at radius 1 is 1.33 bits per heavy atom. The zero-order valence-electron chi connectivity index (χ0n) is 12.4. The second-order valence-electron chi connectivity index (χ2n) is 5.32. The van der Waals surface area contributed by atoms with Crippen LogP contribution in [0.2, 0.25) is 0 Å². The Morgan fingerprint density at radius 2 is 2.14 bits per heavy atom. The third-order valence-corrected chi connectivity index (χ3v) is 3.98. The van der Waals surface area contributed by atoms with E-state index in [1.54, 1.807) is 0 Å². The van der Waals surface area contributed by atoms with E-state index in [2.05, 4.69) is 23.4 Å². The molecule has 21 heavy (non-hydrogen) atoms. The van der Waals surface area contributed by atoms with Crippen molar-refractivity contribution in [1.29, 1.82) is 0 Å². The first-order valence-corrected chi connectivity index (χ1v) is 7.27. The number of nitrogens with one attached hydrogen (secondary N) is 1. The fraction of sp³-hybridized carbons (Fsp3) is 0.375. The highest BCUT2D eigenvalue weighted by Gasteiger charge is 2.24. The summed E-state index contributed by atoms with van der Waals surface area (Å²) in [5, 5.41) is 0. The number of hydrazine groups is 1. The highest BCUT2D eigenvalue weighted by atomic mass is 16.5. The van der Waals surface area contributed by atoms with Crippen LogP contribution in [-0.4, -0.2) is 16.6 Å². The maximum Gasteiger partial charge on any atom is 0.146 e. The quantitative estimate of drug-likeness (QED) is 0.668. The van der Waals surface area contributed by atoms with Crippen molar-refractivity contribution in [2.24, 2.45) is 5.84 Å². The first-order valence-electron chi connectivity index (χ1n) is 7.27. The van der Waals surface area contributed by atoms with E-state index in [4.69, 9.17) is 15.6 Å². The van der Waals surface area contributed by atoms with Crippen molar-refractivity contribution in [1.82, 2.24) is 9.97 Å². The zero-order chi connectivity index (χ0) is 14.8. The van der Waals surface area contributed by atoms with Crippen molar-refractivity contribution in [3.8, 4) is 5.75 Å². The lowest BCUT2D eigenvalue weighted by Crippen LogP contribution is -2.23. The topological polar surface area (TPSA) is 73.1 Å². The molecule has 0 saturated carbocycles. The number of ether oxygens (including phenoxy) is 1. The molecule has 0 spiro atoms. The maximum atomic E-state index is 5.84. The number of nitrogen functional groups attached to an aromatic ring is 1. The van der Waals surface area contributed by atoms with E-state index in [-0.39, 0.29) is 5.92 Å². The van der Waals surface area contributed by atoms with Gasteiger partial charge in [-0.1, -0.05) is 25.1 Å². The van der Waals surface area contributed by atoms with Crippen molar-refractivity contribution in [2.45, 2.75) is 32.6 Å². The van der Waals surface area contributed by atoms with Gasteiger partial charge in [0.05, 0.1) is 12.5 Å². The molecule has 3 N–H and O–H groups in total. The van der Waals surface area contributed by atoms with Gasteiger partial charge in [0.2, 0.25) is 0 Å². The molecule has 5 nitrogen and oxygen atoms in total. The monoisotopic (exact) mass is 284 g/mol. The summed E-state index contributed by atoms with van der Waals surface area (Å²) >= 11 is 0. The number of benzene rings is 1. The van der Waals surface area contributed by atoms with Gasteiger partial charge in [0, 0.05) is 11.3 Å². The van der Waals surface area contributed by atoms with E-state index in [1.165, 1.54) is 5.56 Å². The third kappa shape index (κ3) is 2.56. The van der Waals surface area contributed by atoms with Crippen LogP contribution in [-0.2, 0) is 12.8 Å². The van der Waals surface area contributed by atoms with Crippen molar-refractivity contribution in [3.05, 3.63) is 46.9 Å². The van der Waals surface area contributed by atoms with Crippen molar-refractivity contribution in [2.75, 3.05) is 12.0 Å². The number of nitrogens with zero attached hydrogens (tertiary/aromatic N) is 2. The minimum atomic E-state index is 0.165. The van der Waals surface area contributed by atoms with Crippen molar-refractivity contribution >= 4 is 5.82 Å². The molecule has 3 rings (SSSR count). The third-order valence-electron chi connectivity index (χ3n) is 3.98. The SMILES string of the molecule is CCc1nc(C2COc3ccccc3C2)nc(NN)c1C. The van der Waals surface area contributed by atoms with Crippen LogP contribution in [0.3, 0.4) is 0 Å². The summed E-state index contributed by atoms with van der Waals surface area (Å²) in [7, 11) is 0. The predicted octanol–water partition coefficient (Wildman–Crippen LogP) is 2.35. The summed E-state index contributed by atoms with van der Waals surface area (Å²) in [5.74, 6) is 8.22. The van der Waals surface area contributed by atoms with E-state index in [0.717, 1.165) is 35.7 Å². The Hall–Kier alpha value is -2.14. The minimum absolute atomic E-state index is 0.165. The van der Waals surface area contributed by atoms with Crippen LogP contribution in [0.25, 0.3) is 0 Å². The first-order chi connectivity index (χ1) is 10.2. The lowest BCUT2D eigenvalue weighted by atomic mass is 9.95. The van der Waals surface area contributed by atoms with Gasteiger partial charge in [0.1, 0.15) is 17.4 Å². The average molecular weight is 284 g/mol. The summed E-state index contributed by atoms with van der Waals surface area (Å²) in [5.41, 5.74) is 5.93. The molecule has 0 bridgehead atoms. The molecule has 110 valence electrons. The van der Waals surface area contributed by atoms with Crippen LogP contribution < -0.4 is 16.0 Å². The van der Waals surface area contributed by atoms with E-state index in [9.17, 15) is 0 Å². The van der Waals surface area contributed by atoms with Gasteiger partial charge in [0.15, 0.2) is 0 Å². The van der Waals surface area contributed by atoms with E-state index >= 15 is 0 Å². The number of hydrogen-bond acceptors (Lipinski definition) is 5. The summed E-state index contributed by atoms with van der Waals surface area (Å²) < 4.78 is 5.84. The number of hydrogen-bond donors (Lipinski definition) is 2. The molecule has 1 unspecified atom stereocenters. The molecule has 1 aromatic carbocycles. The van der Waals surface area contributed by atoms with E-state index < -0.39 is 0 Å². The second kappa shape index (κ2) is 5.69. The average Bonchev–Trinajstić information content (AvgIpc) is 2.54. The Labute approximate surface area is 124 Å². The Kier molecular flexibility index (Phi) is 3.75. The maximum absolute atomic E-state index is 5.84. The number of rotatable bonds is 3. The molecule has 2 aromatic rings. The summed E-state index contributed by atoms with van der Waals surface area (Å²) in [6, 6.07) is 8.13. The Bertz CT molecular complexity index is 631. The number of fused-ring (bicyclic) bond motifs is 1. The van der Waals surface area contributed by atoms with Crippen LogP contribution in [0.15, 0.2) is 24.3 Å².